The number of rotatable bonds is 4. The third-order valence-corrected chi connectivity index (χ3v) is 3.54. The first kappa shape index (κ1) is 19.7. The van der Waals surface area contributed by atoms with E-state index < -0.39 is 54.2 Å². The summed E-state index contributed by atoms with van der Waals surface area (Å²) in [6.45, 7) is -3.43. The maximum atomic E-state index is 13.9. The smallest absolute Gasteiger partial charge is 0.477 e. The molecular formula is C14H9BF6NO4. The number of nitrogens with zero attached hydrogens (tertiary/aromatic N) is 1. The first-order chi connectivity index (χ1) is 12.2. The third kappa shape index (κ3) is 3.78. The van der Waals surface area contributed by atoms with Gasteiger partial charge in [-0.15, -0.1) is 0 Å². The Hall–Kier alpha value is -2.66. The molecule has 1 aromatic carbocycles. The van der Waals surface area contributed by atoms with Crippen LogP contribution in [0, 0.1) is 11.6 Å². The molecule has 0 spiro atoms. The van der Waals surface area contributed by atoms with Crippen LogP contribution in [0.3, 0.4) is 0 Å². The van der Waals surface area contributed by atoms with Crippen molar-refractivity contribution in [3.8, 4) is 5.75 Å². The Labute approximate surface area is 142 Å². The SMILES string of the molecule is F[B]F.O=C(O)c1cn(C2CC2)c2c(OC(F)F)c(F)c(F)cc2c1=O. The van der Waals surface area contributed by atoms with Crippen molar-refractivity contribution in [1.29, 1.82) is 0 Å². The fourth-order valence-electron chi connectivity index (χ4n) is 2.42. The molecule has 1 aromatic heterocycles. The van der Waals surface area contributed by atoms with E-state index in [1.165, 1.54) is 4.57 Å². The lowest BCUT2D eigenvalue weighted by Crippen LogP contribution is -2.20. The van der Waals surface area contributed by atoms with Crippen LogP contribution in [0.25, 0.3) is 10.9 Å². The largest absolute Gasteiger partial charge is 0.577 e. The summed E-state index contributed by atoms with van der Waals surface area (Å²) in [6, 6.07) is 0.206. The number of halogens is 6. The van der Waals surface area contributed by atoms with Crippen LogP contribution in [0.4, 0.5) is 26.2 Å². The van der Waals surface area contributed by atoms with Gasteiger partial charge in [0.1, 0.15) is 5.56 Å². The lowest BCUT2D eigenvalue weighted by atomic mass is 10.1. The van der Waals surface area contributed by atoms with E-state index in [9.17, 15) is 35.8 Å². The number of aromatic nitrogens is 1. The summed E-state index contributed by atoms with van der Waals surface area (Å²) in [5.41, 5.74) is -2.12. The fourth-order valence-corrected chi connectivity index (χ4v) is 2.42. The van der Waals surface area contributed by atoms with E-state index in [1.807, 2.05) is 0 Å². The maximum absolute atomic E-state index is 13.9. The topological polar surface area (TPSA) is 68.5 Å². The molecule has 1 fully saturated rings. The number of pyridine rings is 1. The Morgan fingerprint density at radius 1 is 1.31 bits per heavy atom. The monoisotopic (exact) mass is 380 g/mol. The summed E-state index contributed by atoms with van der Waals surface area (Å²) >= 11 is 0. The first-order valence-corrected chi connectivity index (χ1v) is 7.00. The molecule has 1 aliphatic rings. The van der Waals surface area contributed by atoms with Gasteiger partial charge in [0.05, 0.1) is 10.9 Å². The Morgan fingerprint density at radius 3 is 2.35 bits per heavy atom. The highest BCUT2D eigenvalue weighted by molar-refractivity contribution is 6.15. The lowest BCUT2D eigenvalue weighted by molar-refractivity contribution is -0.0516. The van der Waals surface area contributed by atoms with Crippen molar-refractivity contribution >= 4 is 24.7 Å². The van der Waals surface area contributed by atoms with Crippen LogP contribution in [0.15, 0.2) is 17.1 Å². The Morgan fingerprint density at radius 2 is 1.88 bits per heavy atom. The van der Waals surface area contributed by atoms with E-state index in [0.717, 1.165) is 6.20 Å². The predicted octanol–water partition coefficient (Wildman–Crippen LogP) is 3.37. The standard InChI is InChI=1S/C14H9F4NO4.BF2/c15-8-3-6-10(12(9(8)16)23-14(17)18)19(5-1-2-5)4-7(11(6)20)13(21)22;2-1-3/h3-5,14H,1-2H2,(H,21,22);. The zero-order chi connectivity index (χ0) is 19.6. The van der Waals surface area contributed by atoms with Crippen LogP contribution in [0.5, 0.6) is 5.75 Å². The number of carboxylic acids is 1. The molecular weight excluding hydrogens is 371 g/mol. The maximum Gasteiger partial charge on any atom is 0.577 e. The molecule has 0 aliphatic heterocycles. The van der Waals surface area contributed by atoms with Gasteiger partial charge >= 0.3 is 20.4 Å². The summed E-state index contributed by atoms with van der Waals surface area (Å²) in [4.78, 5) is 23.3. The van der Waals surface area contributed by atoms with Gasteiger partial charge in [-0.05, 0) is 18.9 Å². The van der Waals surface area contributed by atoms with Crippen LogP contribution >= 0.6 is 0 Å². The van der Waals surface area contributed by atoms with Gasteiger partial charge < -0.3 is 14.4 Å². The van der Waals surface area contributed by atoms with Crippen LogP contribution < -0.4 is 10.2 Å². The molecule has 1 radical (unpaired) electrons. The number of fused-ring (bicyclic) bond motifs is 1. The zero-order valence-corrected chi connectivity index (χ0v) is 12.7. The zero-order valence-electron chi connectivity index (χ0n) is 12.7. The van der Waals surface area contributed by atoms with Gasteiger partial charge in [-0.3, -0.25) is 13.4 Å². The molecule has 3 rings (SSSR count). The number of aromatic carboxylic acids is 1. The second kappa shape index (κ2) is 7.71. The molecule has 0 unspecified atom stereocenters. The molecule has 0 saturated heterocycles. The quantitative estimate of drug-likeness (QED) is 0.653. The van der Waals surface area contributed by atoms with Gasteiger partial charge in [0.2, 0.25) is 11.2 Å². The predicted molar refractivity (Wildman–Crippen MR) is 78.0 cm³/mol. The van der Waals surface area contributed by atoms with Crippen LogP contribution in [0.2, 0.25) is 0 Å². The van der Waals surface area contributed by atoms with Gasteiger partial charge in [-0.1, -0.05) is 0 Å². The Balaban J connectivity index is 0.000000758. The summed E-state index contributed by atoms with van der Waals surface area (Å²) in [6.07, 6.45) is 2.12. The Kier molecular flexibility index (Phi) is 5.83. The lowest BCUT2D eigenvalue weighted by Gasteiger charge is -2.16. The van der Waals surface area contributed by atoms with Gasteiger partial charge in [-0.2, -0.15) is 13.2 Å². The third-order valence-electron chi connectivity index (χ3n) is 3.54. The van der Waals surface area contributed by atoms with E-state index in [0.29, 0.717) is 18.9 Å². The van der Waals surface area contributed by atoms with Gasteiger partial charge in [-0.25, -0.2) is 9.18 Å². The van der Waals surface area contributed by atoms with Crippen molar-refractivity contribution in [2.75, 3.05) is 0 Å². The van der Waals surface area contributed by atoms with E-state index in [2.05, 4.69) is 4.74 Å². The fraction of sp³-hybridized carbons (Fsp3) is 0.286. The van der Waals surface area contributed by atoms with Gasteiger partial charge in [0.15, 0.2) is 11.6 Å². The summed E-state index contributed by atoms with van der Waals surface area (Å²) < 4.78 is 76.8. The molecule has 1 aliphatic carbocycles. The van der Waals surface area contributed by atoms with Crippen molar-refractivity contribution < 1.29 is 40.8 Å². The number of alkyl halides is 2. The number of hydrogen-bond acceptors (Lipinski definition) is 3. The number of carboxylic acid groups (broad SMARTS) is 1. The van der Waals surface area contributed by atoms with E-state index in [-0.39, 0.29) is 11.6 Å². The van der Waals surface area contributed by atoms with Crippen molar-refractivity contribution in [2.45, 2.75) is 25.5 Å². The Bertz CT molecular complexity index is 899. The molecule has 0 bridgehead atoms. The molecule has 1 heterocycles. The van der Waals surface area contributed by atoms with Crippen LogP contribution in [0.1, 0.15) is 29.2 Å². The second-order valence-corrected chi connectivity index (χ2v) is 5.17. The van der Waals surface area contributed by atoms with Gasteiger partial charge in [0, 0.05) is 12.2 Å². The molecule has 0 amide bonds. The van der Waals surface area contributed by atoms with Crippen molar-refractivity contribution in [2.24, 2.45) is 0 Å². The van der Waals surface area contributed by atoms with E-state index in [4.69, 9.17) is 5.11 Å². The summed E-state index contributed by atoms with van der Waals surface area (Å²) in [5, 5.41) is 8.54. The molecule has 1 N–H and O–H groups in total. The van der Waals surface area contributed by atoms with Crippen LogP contribution in [-0.2, 0) is 0 Å². The minimum Gasteiger partial charge on any atom is -0.477 e. The van der Waals surface area contributed by atoms with Gasteiger partial charge in [0.25, 0.3) is 0 Å². The van der Waals surface area contributed by atoms with Crippen LogP contribution in [-0.4, -0.2) is 30.1 Å². The number of carbonyl (C=O) groups is 1. The molecule has 5 nitrogen and oxygen atoms in total. The number of hydrogen-bond donors (Lipinski definition) is 1. The van der Waals surface area contributed by atoms with Crippen molar-refractivity contribution in [1.82, 2.24) is 4.57 Å². The van der Waals surface area contributed by atoms with E-state index >= 15 is 0 Å². The summed E-state index contributed by atoms with van der Waals surface area (Å²) in [7, 11) is -1.00. The average molecular weight is 380 g/mol. The number of ether oxygens (including phenoxy) is 1. The van der Waals surface area contributed by atoms with Crippen molar-refractivity contribution in [3.63, 3.8) is 0 Å². The molecule has 2 aromatic rings. The highest BCUT2D eigenvalue weighted by atomic mass is 19.3. The molecule has 12 heteroatoms. The highest BCUT2D eigenvalue weighted by Crippen LogP contribution is 2.40. The molecule has 139 valence electrons. The van der Waals surface area contributed by atoms with E-state index in [1.54, 1.807) is 0 Å². The normalized spacial score (nSPS) is 13.3. The molecule has 1 saturated carbocycles. The number of benzene rings is 1. The minimum atomic E-state index is -3.43. The molecule has 26 heavy (non-hydrogen) atoms. The summed E-state index contributed by atoms with van der Waals surface area (Å²) in [5.74, 6) is -5.88. The van der Waals surface area contributed by atoms with Crippen molar-refractivity contribution in [3.05, 3.63) is 39.7 Å². The highest BCUT2D eigenvalue weighted by Gasteiger charge is 2.31. The second-order valence-electron chi connectivity index (χ2n) is 5.17. The molecule has 0 atom stereocenters. The minimum absolute atomic E-state index is 0.291. The first-order valence-electron chi connectivity index (χ1n) is 7.00. The average Bonchev–Trinajstić information content (AvgIpc) is 3.37.